The van der Waals surface area contributed by atoms with Gasteiger partial charge in [-0.3, -0.25) is 4.79 Å². The van der Waals surface area contributed by atoms with Crippen molar-refractivity contribution in [1.29, 1.82) is 0 Å². The Balaban J connectivity index is 2.45. The zero-order valence-electron chi connectivity index (χ0n) is 11.6. The summed E-state index contributed by atoms with van der Waals surface area (Å²) in [6, 6.07) is 11.2. The van der Waals surface area contributed by atoms with Crippen molar-refractivity contribution in [1.82, 2.24) is 0 Å². The number of nitrogens with one attached hydrogen (secondary N) is 1. The number of oxime groups is 1. The summed E-state index contributed by atoms with van der Waals surface area (Å²) in [5.41, 5.74) is 2.00. The largest absolute Gasteiger partial charge is 0.332 e. The lowest BCUT2D eigenvalue weighted by Crippen LogP contribution is -2.11. The third-order valence-corrected chi connectivity index (χ3v) is 3.35. The maximum Gasteiger partial charge on any atom is 0.332 e. The summed E-state index contributed by atoms with van der Waals surface area (Å²) in [5.74, 6) is -0.668. The number of hydrogen-bond acceptors (Lipinski definition) is 5. The molecule has 1 aromatic carbocycles. The summed E-state index contributed by atoms with van der Waals surface area (Å²) < 4.78 is 0. The van der Waals surface area contributed by atoms with Crippen LogP contribution in [0.1, 0.15) is 25.0 Å². The molecular weight excluding hydrogens is 288 g/mol. The van der Waals surface area contributed by atoms with Gasteiger partial charge in [-0.05, 0) is 11.4 Å². The highest BCUT2D eigenvalue weighted by Gasteiger charge is 2.15. The summed E-state index contributed by atoms with van der Waals surface area (Å²) in [4.78, 5) is 27.1. The minimum absolute atomic E-state index is 0.168. The molecule has 0 aliphatic rings. The fourth-order valence-electron chi connectivity index (χ4n) is 1.72. The second-order valence-electron chi connectivity index (χ2n) is 4.23. The number of hydrogen-bond donors (Lipinski definition) is 1. The van der Waals surface area contributed by atoms with Gasteiger partial charge in [-0.2, -0.15) is 0 Å². The van der Waals surface area contributed by atoms with Crippen LogP contribution in [0.4, 0.5) is 5.00 Å². The predicted octanol–water partition coefficient (Wildman–Crippen LogP) is 3.02. The van der Waals surface area contributed by atoms with E-state index < -0.39 is 5.97 Å². The number of carbonyl (C=O) groups excluding carboxylic acids is 2. The first-order chi connectivity index (χ1) is 10.1. The number of carbonyl (C=O) groups is 2. The molecule has 0 fully saturated rings. The molecule has 0 aliphatic heterocycles. The first-order valence-electron chi connectivity index (χ1n) is 6.24. The van der Waals surface area contributed by atoms with Gasteiger partial charge in [0.25, 0.3) is 0 Å². The van der Waals surface area contributed by atoms with Crippen molar-refractivity contribution in [3.63, 3.8) is 0 Å². The molecule has 5 nitrogen and oxygen atoms in total. The Morgan fingerprint density at radius 3 is 2.48 bits per heavy atom. The van der Waals surface area contributed by atoms with Crippen LogP contribution < -0.4 is 5.32 Å². The standard InChI is InChI=1S/C15H14N2O3S/c1-10(18)16-15-13(8-9-21-15)14(17-20-11(2)19)12-6-4-3-5-7-12/h3-9H,1-2H3,(H,16,18). The fraction of sp³-hybridized carbons (Fsp3) is 0.133. The number of amides is 1. The van der Waals surface area contributed by atoms with Crippen molar-refractivity contribution in [3.05, 3.63) is 52.9 Å². The van der Waals surface area contributed by atoms with Gasteiger partial charge in [0.15, 0.2) is 0 Å². The van der Waals surface area contributed by atoms with Crippen LogP contribution in [-0.4, -0.2) is 17.6 Å². The summed E-state index contributed by atoms with van der Waals surface area (Å²) in [5, 5.41) is 9.18. The molecule has 0 radical (unpaired) electrons. The minimum Gasteiger partial charge on any atom is -0.318 e. The van der Waals surface area contributed by atoms with Gasteiger partial charge in [0.1, 0.15) is 10.7 Å². The fourth-order valence-corrected chi connectivity index (χ4v) is 2.55. The van der Waals surface area contributed by atoms with E-state index in [1.807, 2.05) is 41.8 Å². The molecule has 2 aromatic rings. The molecule has 0 unspecified atom stereocenters. The summed E-state index contributed by atoms with van der Waals surface area (Å²) >= 11 is 1.38. The van der Waals surface area contributed by atoms with Crippen LogP contribution in [0.2, 0.25) is 0 Å². The van der Waals surface area contributed by atoms with Crippen molar-refractivity contribution in [2.75, 3.05) is 5.32 Å². The second kappa shape index (κ2) is 6.81. The topological polar surface area (TPSA) is 67.8 Å². The van der Waals surface area contributed by atoms with Crippen molar-refractivity contribution in [2.24, 2.45) is 5.16 Å². The highest BCUT2D eigenvalue weighted by atomic mass is 32.1. The number of benzene rings is 1. The van der Waals surface area contributed by atoms with Gasteiger partial charge in [-0.25, -0.2) is 4.79 Å². The molecular formula is C15H14N2O3S. The molecule has 6 heteroatoms. The van der Waals surface area contributed by atoms with Gasteiger partial charge in [0.2, 0.25) is 5.91 Å². The van der Waals surface area contributed by atoms with E-state index in [1.54, 1.807) is 0 Å². The maximum atomic E-state index is 11.3. The van der Waals surface area contributed by atoms with Gasteiger partial charge in [-0.15, -0.1) is 11.3 Å². The molecule has 2 rings (SSSR count). The van der Waals surface area contributed by atoms with Gasteiger partial charge in [-0.1, -0.05) is 35.5 Å². The molecule has 0 spiro atoms. The van der Waals surface area contributed by atoms with E-state index in [-0.39, 0.29) is 5.91 Å². The zero-order valence-corrected chi connectivity index (χ0v) is 12.4. The molecule has 0 atom stereocenters. The highest BCUT2D eigenvalue weighted by Crippen LogP contribution is 2.26. The first kappa shape index (κ1) is 14.9. The van der Waals surface area contributed by atoms with E-state index in [1.165, 1.54) is 25.2 Å². The lowest BCUT2D eigenvalue weighted by Gasteiger charge is -2.07. The lowest BCUT2D eigenvalue weighted by atomic mass is 10.0. The van der Waals surface area contributed by atoms with Gasteiger partial charge >= 0.3 is 5.97 Å². The molecule has 1 heterocycles. The van der Waals surface area contributed by atoms with Crippen LogP contribution in [-0.2, 0) is 14.4 Å². The Bertz CT molecular complexity index is 677. The number of nitrogens with zero attached hydrogens (tertiary/aromatic N) is 1. The molecule has 0 saturated carbocycles. The van der Waals surface area contributed by atoms with Crippen molar-refractivity contribution < 1.29 is 14.4 Å². The summed E-state index contributed by atoms with van der Waals surface area (Å²) in [7, 11) is 0. The summed E-state index contributed by atoms with van der Waals surface area (Å²) in [6.45, 7) is 2.73. The third kappa shape index (κ3) is 4.00. The van der Waals surface area contributed by atoms with Gasteiger partial charge in [0, 0.05) is 25.0 Å². The third-order valence-electron chi connectivity index (χ3n) is 2.52. The molecule has 1 N–H and O–H groups in total. The molecule has 108 valence electrons. The highest BCUT2D eigenvalue weighted by molar-refractivity contribution is 7.14. The number of thiophene rings is 1. The van der Waals surface area contributed by atoms with E-state index in [4.69, 9.17) is 4.84 Å². The predicted molar refractivity (Wildman–Crippen MR) is 82.5 cm³/mol. The first-order valence-corrected chi connectivity index (χ1v) is 7.12. The smallest absolute Gasteiger partial charge is 0.318 e. The zero-order chi connectivity index (χ0) is 15.2. The Kier molecular flexibility index (Phi) is 4.84. The Morgan fingerprint density at radius 1 is 1.14 bits per heavy atom. The average molecular weight is 302 g/mol. The van der Waals surface area contributed by atoms with E-state index in [2.05, 4.69) is 10.5 Å². The average Bonchev–Trinajstić information content (AvgIpc) is 2.87. The van der Waals surface area contributed by atoms with Gasteiger partial charge < -0.3 is 10.2 Å². The molecule has 1 amide bonds. The lowest BCUT2D eigenvalue weighted by molar-refractivity contribution is -0.140. The second-order valence-corrected chi connectivity index (χ2v) is 5.15. The van der Waals surface area contributed by atoms with Crippen molar-refractivity contribution >= 4 is 33.9 Å². The van der Waals surface area contributed by atoms with Crippen LogP contribution in [0.3, 0.4) is 0 Å². The number of rotatable bonds is 4. The number of anilines is 1. The maximum absolute atomic E-state index is 11.3. The molecule has 0 aliphatic carbocycles. The van der Waals surface area contributed by atoms with Crippen molar-refractivity contribution in [3.8, 4) is 0 Å². The molecule has 0 bridgehead atoms. The Morgan fingerprint density at radius 2 is 1.86 bits per heavy atom. The van der Waals surface area contributed by atoms with E-state index in [9.17, 15) is 9.59 Å². The van der Waals surface area contributed by atoms with Crippen molar-refractivity contribution in [2.45, 2.75) is 13.8 Å². The summed E-state index contributed by atoms with van der Waals surface area (Å²) in [6.07, 6.45) is 0. The molecule has 0 saturated heterocycles. The monoisotopic (exact) mass is 302 g/mol. The van der Waals surface area contributed by atoms with Crippen LogP contribution in [0, 0.1) is 0 Å². The van der Waals surface area contributed by atoms with Crippen LogP contribution >= 0.6 is 11.3 Å². The molecule has 1 aromatic heterocycles. The van der Waals surface area contributed by atoms with E-state index in [0.717, 1.165) is 5.56 Å². The Labute approximate surface area is 126 Å². The minimum atomic E-state index is -0.500. The Hall–Kier alpha value is -2.47. The van der Waals surface area contributed by atoms with E-state index in [0.29, 0.717) is 16.3 Å². The normalized spacial score (nSPS) is 11.0. The van der Waals surface area contributed by atoms with Crippen LogP contribution in [0.5, 0.6) is 0 Å². The SMILES string of the molecule is CC(=O)Nc1sccc1C(=NOC(C)=O)c1ccccc1. The van der Waals surface area contributed by atoms with E-state index >= 15 is 0 Å². The van der Waals surface area contributed by atoms with Crippen LogP contribution in [0.25, 0.3) is 0 Å². The van der Waals surface area contributed by atoms with Gasteiger partial charge in [0.05, 0.1) is 0 Å². The van der Waals surface area contributed by atoms with Crippen LogP contribution in [0.15, 0.2) is 46.9 Å². The quantitative estimate of drug-likeness (QED) is 0.536. The molecule has 21 heavy (non-hydrogen) atoms.